The molecule has 1 aliphatic rings. The van der Waals surface area contributed by atoms with E-state index in [1.165, 1.54) is 12.1 Å². The van der Waals surface area contributed by atoms with Crippen LogP contribution in [0.1, 0.15) is 28.6 Å². The fourth-order valence-corrected chi connectivity index (χ4v) is 3.50. The van der Waals surface area contributed by atoms with Crippen LogP contribution in [0.15, 0.2) is 30.6 Å². The number of hydrogen-bond donors (Lipinski definition) is 3. The smallest absolute Gasteiger partial charge is 0.250 e. The van der Waals surface area contributed by atoms with Gasteiger partial charge in [-0.1, -0.05) is 11.6 Å². The third kappa shape index (κ3) is 5.23. The highest BCUT2D eigenvalue weighted by molar-refractivity contribution is 6.34. The molecule has 28 heavy (non-hydrogen) atoms. The van der Waals surface area contributed by atoms with Gasteiger partial charge >= 0.3 is 0 Å². The van der Waals surface area contributed by atoms with Crippen molar-refractivity contribution in [3.8, 4) is 0 Å². The molecular formula is C18H24Cl2N6O2. The summed E-state index contributed by atoms with van der Waals surface area (Å²) in [5, 5.41) is 6.41. The summed E-state index contributed by atoms with van der Waals surface area (Å²) >= 11 is 6.02. The highest BCUT2D eigenvalue weighted by Crippen LogP contribution is 2.22. The molecule has 0 radical (unpaired) electrons. The molecule has 2 amide bonds. The van der Waals surface area contributed by atoms with Crippen molar-refractivity contribution in [2.75, 3.05) is 31.5 Å². The second kappa shape index (κ2) is 9.88. The number of imidazole rings is 1. The van der Waals surface area contributed by atoms with Crippen LogP contribution >= 0.6 is 24.0 Å². The van der Waals surface area contributed by atoms with Gasteiger partial charge in [-0.25, -0.2) is 4.98 Å². The molecule has 1 aromatic carbocycles. The van der Waals surface area contributed by atoms with Crippen LogP contribution in [0.3, 0.4) is 0 Å². The Morgan fingerprint density at radius 1 is 1.43 bits per heavy atom. The van der Waals surface area contributed by atoms with E-state index in [1.54, 1.807) is 12.3 Å². The molecule has 4 N–H and O–H groups in total. The molecule has 152 valence electrons. The normalized spacial score (nSPS) is 17.0. The minimum absolute atomic E-state index is 0. The zero-order chi connectivity index (χ0) is 19.4. The summed E-state index contributed by atoms with van der Waals surface area (Å²) in [5.74, 6) is 0.267. The highest BCUT2D eigenvalue weighted by atomic mass is 35.5. The van der Waals surface area contributed by atoms with Crippen LogP contribution in [0.25, 0.3) is 0 Å². The molecule has 2 aromatic rings. The van der Waals surface area contributed by atoms with E-state index in [1.807, 2.05) is 17.8 Å². The van der Waals surface area contributed by atoms with Crippen molar-refractivity contribution in [2.45, 2.75) is 12.5 Å². The number of nitrogens with zero attached hydrogens (tertiary/aromatic N) is 3. The summed E-state index contributed by atoms with van der Waals surface area (Å²) in [6, 6.07) is 4.79. The first-order valence-corrected chi connectivity index (χ1v) is 9.14. The summed E-state index contributed by atoms with van der Waals surface area (Å²) in [6.45, 7) is 3.16. The molecule has 0 bridgehead atoms. The maximum absolute atomic E-state index is 12.3. The molecule has 10 heteroatoms. The number of piperazine rings is 1. The number of halogens is 2. The topological polar surface area (TPSA) is 105 Å². The van der Waals surface area contributed by atoms with Gasteiger partial charge in [0.05, 0.1) is 16.6 Å². The van der Waals surface area contributed by atoms with Crippen LogP contribution in [0.4, 0.5) is 5.69 Å². The van der Waals surface area contributed by atoms with Crippen LogP contribution in [0, 0.1) is 0 Å². The number of aromatic nitrogens is 2. The molecular weight excluding hydrogens is 403 g/mol. The Bertz CT molecular complexity index is 841. The van der Waals surface area contributed by atoms with Crippen LogP contribution in [0.5, 0.6) is 0 Å². The lowest BCUT2D eigenvalue weighted by atomic mass is 10.1. The van der Waals surface area contributed by atoms with Gasteiger partial charge in [-0.05, 0) is 18.2 Å². The van der Waals surface area contributed by atoms with Crippen molar-refractivity contribution >= 4 is 41.5 Å². The van der Waals surface area contributed by atoms with E-state index in [0.717, 1.165) is 25.5 Å². The quantitative estimate of drug-likeness (QED) is 0.649. The van der Waals surface area contributed by atoms with E-state index < -0.39 is 5.91 Å². The molecule has 0 saturated carbocycles. The molecule has 1 saturated heterocycles. The van der Waals surface area contributed by atoms with Gasteiger partial charge in [-0.3, -0.25) is 14.5 Å². The maximum atomic E-state index is 12.3. The van der Waals surface area contributed by atoms with Crippen LogP contribution in [-0.2, 0) is 11.8 Å². The van der Waals surface area contributed by atoms with E-state index >= 15 is 0 Å². The first kappa shape index (κ1) is 22.2. The van der Waals surface area contributed by atoms with E-state index in [4.69, 9.17) is 17.3 Å². The summed E-state index contributed by atoms with van der Waals surface area (Å²) in [6.07, 6.45) is 4.05. The molecule has 1 unspecified atom stereocenters. The summed E-state index contributed by atoms with van der Waals surface area (Å²) in [7, 11) is 1.97. The molecule has 0 spiro atoms. The van der Waals surface area contributed by atoms with Crippen LogP contribution in [0.2, 0.25) is 5.02 Å². The summed E-state index contributed by atoms with van der Waals surface area (Å²) < 4.78 is 2.01. The minimum atomic E-state index is -0.600. The number of primary amides is 1. The van der Waals surface area contributed by atoms with Crippen LogP contribution in [-0.4, -0.2) is 52.4 Å². The maximum Gasteiger partial charge on any atom is 0.250 e. The first-order valence-electron chi connectivity index (χ1n) is 8.77. The molecule has 8 nitrogen and oxygen atoms in total. The SMILES string of the molecule is Cl.Cn1ccnc1C1CNCCN1CCC(=O)Nc1ccc(C(N)=O)c(Cl)c1. The Balaban J connectivity index is 0.00000280. The molecule has 2 heterocycles. The lowest BCUT2D eigenvalue weighted by Crippen LogP contribution is -2.47. The van der Waals surface area contributed by atoms with E-state index in [2.05, 4.69) is 20.5 Å². The first-order chi connectivity index (χ1) is 13.0. The fraction of sp³-hybridized carbons (Fsp3) is 0.389. The third-order valence-corrected chi connectivity index (χ3v) is 4.97. The van der Waals surface area contributed by atoms with Crippen molar-refractivity contribution < 1.29 is 9.59 Å². The zero-order valence-corrected chi connectivity index (χ0v) is 17.1. The van der Waals surface area contributed by atoms with E-state index in [-0.39, 0.29) is 34.9 Å². The Kier molecular flexibility index (Phi) is 7.82. The highest BCUT2D eigenvalue weighted by Gasteiger charge is 2.26. The summed E-state index contributed by atoms with van der Waals surface area (Å²) in [5.41, 5.74) is 6.00. The second-order valence-electron chi connectivity index (χ2n) is 6.51. The van der Waals surface area contributed by atoms with Gasteiger partial charge < -0.3 is 20.9 Å². The Hall–Kier alpha value is -2.13. The molecule has 3 rings (SSSR count). The van der Waals surface area contributed by atoms with Crippen molar-refractivity contribution in [1.29, 1.82) is 0 Å². The Morgan fingerprint density at radius 3 is 2.86 bits per heavy atom. The van der Waals surface area contributed by atoms with Crippen molar-refractivity contribution in [3.05, 3.63) is 47.0 Å². The average Bonchev–Trinajstić information content (AvgIpc) is 3.06. The number of aryl methyl sites for hydroxylation is 1. The third-order valence-electron chi connectivity index (χ3n) is 4.66. The van der Waals surface area contributed by atoms with E-state index in [9.17, 15) is 9.59 Å². The predicted octanol–water partition coefficient (Wildman–Crippen LogP) is 1.57. The average molecular weight is 427 g/mol. The number of nitrogens with two attached hydrogens (primary N) is 1. The zero-order valence-electron chi connectivity index (χ0n) is 15.5. The van der Waals surface area contributed by atoms with Gasteiger partial charge in [0.25, 0.3) is 0 Å². The second-order valence-corrected chi connectivity index (χ2v) is 6.92. The summed E-state index contributed by atoms with van der Waals surface area (Å²) in [4.78, 5) is 30.3. The standard InChI is InChI=1S/C18H23ClN6O2.ClH/c1-24-8-6-22-18(24)15-11-21-5-9-25(15)7-4-16(26)23-12-2-3-13(17(20)27)14(19)10-12;/h2-3,6,8,10,15,21H,4-5,7,9,11H2,1H3,(H2,20,27)(H,23,26);1H. The van der Waals surface area contributed by atoms with Gasteiger partial charge in [0, 0.05) is 57.7 Å². The number of rotatable bonds is 6. The van der Waals surface area contributed by atoms with Gasteiger partial charge in [-0.2, -0.15) is 0 Å². The fourth-order valence-electron chi connectivity index (χ4n) is 3.23. The van der Waals surface area contributed by atoms with Gasteiger partial charge in [0.15, 0.2) is 0 Å². The molecule has 1 atom stereocenters. The number of amides is 2. The van der Waals surface area contributed by atoms with Gasteiger partial charge in [0.1, 0.15) is 5.82 Å². The number of nitrogens with one attached hydrogen (secondary N) is 2. The molecule has 1 aliphatic heterocycles. The van der Waals surface area contributed by atoms with E-state index in [0.29, 0.717) is 18.7 Å². The Morgan fingerprint density at radius 2 is 2.21 bits per heavy atom. The van der Waals surface area contributed by atoms with Crippen molar-refractivity contribution in [1.82, 2.24) is 19.8 Å². The molecule has 0 aliphatic carbocycles. The Labute approximate surface area is 174 Å². The van der Waals surface area contributed by atoms with Gasteiger partial charge in [0.2, 0.25) is 11.8 Å². The van der Waals surface area contributed by atoms with Crippen molar-refractivity contribution in [2.24, 2.45) is 12.8 Å². The monoisotopic (exact) mass is 426 g/mol. The number of carbonyl (C=O) groups is 2. The molecule has 1 fully saturated rings. The predicted molar refractivity (Wildman–Crippen MR) is 111 cm³/mol. The van der Waals surface area contributed by atoms with Crippen molar-refractivity contribution in [3.63, 3.8) is 0 Å². The lowest BCUT2D eigenvalue weighted by Gasteiger charge is -2.35. The molecule has 1 aromatic heterocycles. The lowest BCUT2D eigenvalue weighted by molar-refractivity contribution is -0.116. The van der Waals surface area contributed by atoms with Gasteiger partial charge in [-0.15, -0.1) is 12.4 Å². The number of anilines is 1. The minimum Gasteiger partial charge on any atom is -0.366 e. The largest absolute Gasteiger partial charge is 0.366 e. The van der Waals surface area contributed by atoms with Crippen LogP contribution < -0.4 is 16.4 Å². The number of hydrogen-bond acceptors (Lipinski definition) is 5. The number of benzene rings is 1. The number of carbonyl (C=O) groups excluding carboxylic acids is 2.